The molecule has 1 aromatic carbocycles. The van der Waals surface area contributed by atoms with Crippen LogP contribution >= 0.6 is 0 Å². The maximum absolute atomic E-state index is 13.1. The first-order chi connectivity index (χ1) is 15.4. The van der Waals surface area contributed by atoms with Gasteiger partial charge in [-0.2, -0.15) is 0 Å². The second kappa shape index (κ2) is 10.0. The van der Waals surface area contributed by atoms with Crippen LogP contribution < -0.4 is 4.90 Å². The van der Waals surface area contributed by atoms with Gasteiger partial charge in [0.2, 0.25) is 17.7 Å². The number of piperazine rings is 1. The van der Waals surface area contributed by atoms with Crippen LogP contribution in [-0.4, -0.2) is 84.8 Å². The molecule has 0 spiro atoms. The number of carbonyl (C=O) groups is 3. The number of benzene rings is 1. The standard InChI is InChI=1S/C25H36N4O3/c1-19(2)20-7-6-8-22(15-20)29-17-21(16-23(29)30)25(32)28-13-11-26(12-14-28)18-24(31)27-9-4-3-5-10-27/h6-8,15,19,21H,3-5,9-14,16-18H2,1-2H3. The predicted molar refractivity (Wildman–Crippen MR) is 124 cm³/mol. The Bertz CT molecular complexity index is 841. The van der Waals surface area contributed by atoms with E-state index < -0.39 is 0 Å². The first-order valence-corrected chi connectivity index (χ1v) is 12.1. The van der Waals surface area contributed by atoms with Crippen LogP contribution in [0.15, 0.2) is 24.3 Å². The highest BCUT2D eigenvalue weighted by molar-refractivity contribution is 6.00. The lowest BCUT2D eigenvalue weighted by atomic mass is 10.0. The highest BCUT2D eigenvalue weighted by Gasteiger charge is 2.38. The molecule has 3 amide bonds. The van der Waals surface area contributed by atoms with Gasteiger partial charge in [0, 0.05) is 57.9 Å². The third-order valence-electron chi connectivity index (χ3n) is 7.07. The fourth-order valence-electron chi connectivity index (χ4n) is 4.99. The van der Waals surface area contributed by atoms with E-state index in [2.05, 4.69) is 30.9 Å². The maximum Gasteiger partial charge on any atom is 0.236 e. The molecule has 1 atom stereocenters. The fourth-order valence-corrected chi connectivity index (χ4v) is 4.99. The molecule has 32 heavy (non-hydrogen) atoms. The van der Waals surface area contributed by atoms with Gasteiger partial charge in [0.25, 0.3) is 0 Å². The first-order valence-electron chi connectivity index (χ1n) is 12.1. The zero-order chi connectivity index (χ0) is 22.7. The molecule has 4 rings (SSSR count). The molecular weight excluding hydrogens is 404 g/mol. The summed E-state index contributed by atoms with van der Waals surface area (Å²) in [7, 11) is 0. The summed E-state index contributed by atoms with van der Waals surface area (Å²) < 4.78 is 0. The van der Waals surface area contributed by atoms with Crippen molar-refractivity contribution in [1.82, 2.24) is 14.7 Å². The van der Waals surface area contributed by atoms with E-state index in [1.54, 1.807) is 4.90 Å². The van der Waals surface area contributed by atoms with Crippen LogP contribution in [0.25, 0.3) is 0 Å². The monoisotopic (exact) mass is 440 g/mol. The normalized spacial score (nSPS) is 22.7. The van der Waals surface area contributed by atoms with Crippen molar-refractivity contribution in [1.29, 1.82) is 0 Å². The molecule has 0 radical (unpaired) electrons. The van der Waals surface area contributed by atoms with Gasteiger partial charge >= 0.3 is 0 Å². The highest BCUT2D eigenvalue weighted by Crippen LogP contribution is 2.29. The van der Waals surface area contributed by atoms with Crippen LogP contribution in [0.2, 0.25) is 0 Å². The molecule has 3 heterocycles. The SMILES string of the molecule is CC(C)c1cccc(N2CC(C(=O)N3CCN(CC(=O)N4CCCCC4)CC3)CC2=O)c1. The number of piperidine rings is 1. The smallest absolute Gasteiger partial charge is 0.236 e. The molecule has 0 saturated carbocycles. The van der Waals surface area contributed by atoms with Crippen molar-refractivity contribution in [2.24, 2.45) is 5.92 Å². The summed E-state index contributed by atoms with van der Waals surface area (Å²) >= 11 is 0. The van der Waals surface area contributed by atoms with E-state index in [1.807, 2.05) is 21.9 Å². The average Bonchev–Trinajstić information content (AvgIpc) is 3.21. The molecular formula is C25H36N4O3. The van der Waals surface area contributed by atoms with Crippen LogP contribution in [0.1, 0.15) is 51.0 Å². The summed E-state index contributed by atoms with van der Waals surface area (Å²) in [5, 5.41) is 0. The fraction of sp³-hybridized carbons (Fsp3) is 0.640. The average molecular weight is 441 g/mol. The van der Waals surface area contributed by atoms with E-state index in [1.165, 1.54) is 12.0 Å². The van der Waals surface area contributed by atoms with Crippen LogP contribution in [-0.2, 0) is 14.4 Å². The van der Waals surface area contributed by atoms with Crippen molar-refractivity contribution >= 4 is 23.4 Å². The molecule has 0 aromatic heterocycles. The van der Waals surface area contributed by atoms with Gasteiger partial charge in [-0.25, -0.2) is 0 Å². The van der Waals surface area contributed by atoms with Gasteiger partial charge in [-0.1, -0.05) is 26.0 Å². The second-order valence-electron chi connectivity index (χ2n) is 9.70. The van der Waals surface area contributed by atoms with E-state index >= 15 is 0 Å². The van der Waals surface area contributed by atoms with Gasteiger partial charge in [-0.3, -0.25) is 19.3 Å². The Kier molecular flexibility index (Phi) is 7.13. The van der Waals surface area contributed by atoms with Crippen LogP contribution in [0.5, 0.6) is 0 Å². The summed E-state index contributed by atoms with van der Waals surface area (Å²) in [4.78, 5) is 46.1. The summed E-state index contributed by atoms with van der Waals surface area (Å²) in [5.74, 6) is 0.415. The molecule has 0 bridgehead atoms. The minimum Gasteiger partial charge on any atom is -0.342 e. The Morgan fingerprint density at radius 3 is 2.38 bits per heavy atom. The first kappa shape index (κ1) is 22.8. The Hall–Kier alpha value is -2.41. The van der Waals surface area contributed by atoms with Crippen LogP contribution in [0.3, 0.4) is 0 Å². The van der Waals surface area contributed by atoms with E-state index in [-0.39, 0.29) is 30.1 Å². The minimum absolute atomic E-state index is 0.0232. The number of hydrogen-bond acceptors (Lipinski definition) is 4. The number of likely N-dealkylation sites (tertiary alicyclic amines) is 1. The Labute approximate surface area is 191 Å². The maximum atomic E-state index is 13.1. The van der Waals surface area contributed by atoms with Gasteiger partial charge < -0.3 is 14.7 Å². The molecule has 3 fully saturated rings. The van der Waals surface area contributed by atoms with Crippen molar-refractivity contribution in [3.05, 3.63) is 29.8 Å². The molecule has 0 aliphatic carbocycles. The molecule has 0 N–H and O–H groups in total. The summed E-state index contributed by atoms with van der Waals surface area (Å²) in [5.41, 5.74) is 2.08. The summed E-state index contributed by atoms with van der Waals surface area (Å²) in [6, 6.07) is 8.08. The lowest BCUT2D eigenvalue weighted by Crippen LogP contribution is -2.53. The number of anilines is 1. The van der Waals surface area contributed by atoms with Gasteiger partial charge in [0.1, 0.15) is 0 Å². The zero-order valence-corrected chi connectivity index (χ0v) is 19.5. The quantitative estimate of drug-likeness (QED) is 0.705. The second-order valence-corrected chi connectivity index (χ2v) is 9.70. The van der Waals surface area contributed by atoms with Gasteiger partial charge in [-0.05, 0) is 42.9 Å². The number of hydrogen-bond donors (Lipinski definition) is 0. The van der Waals surface area contributed by atoms with E-state index in [4.69, 9.17) is 0 Å². The van der Waals surface area contributed by atoms with Crippen LogP contribution in [0.4, 0.5) is 5.69 Å². The molecule has 7 heteroatoms. The molecule has 174 valence electrons. The molecule has 3 aliphatic heterocycles. The van der Waals surface area contributed by atoms with Crippen molar-refractivity contribution in [3.63, 3.8) is 0 Å². The van der Waals surface area contributed by atoms with E-state index in [0.29, 0.717) is 45.2 Å². The topological polar surface area (TPSA) is 64.2 Å². The third-order valence-corrected chi connectivity index (χ3v) is 7.07. The number of nitrogens with zero attached hydrogens (tertiary/aromatic N) is 4. The summed E-state index contributed by atoms with van der Waals surface area (Å²) in [6.45, 7) is 9.61. The summed E-state index contributed by atoms with van der Waals surface area (Å²) in [6.07, 6.45) is 3.70. The Morgan fingerprint density at radius 1 is 0.969 bits per heavy atom. The van der Waals surface area contributed by atoms with Gasteiger partial charge in [0.15, 0.2) is 0 Å². The van der Waals surface area contributed by atoms with Crippen LogP contribution in [0, 0.1) is 5.92 Å². The number of carbonyl (C=O) groups excluding carboxylic acids is 3. The van der Waals surface area contributed by atoms with E-state index in [9.17, 15) is 14.4 Å². The van der Waals surface area contributed by atoms with Crippen molar-refractivity contribution in [3.8, 4) is 0 Å². The molecule has 1 aromatic rings. The number of amides is 3. The molecule has 7 nitrogen and oxygen atoms in total. The van der Waals surface area contributed by atoms with E-state index in [0.717, 1.165) is 31.6 Å². The van der Waals surface area contributed by atoms with Crippen molar-refractivity contribution in [2.75, 3.05) is 57.3 Å². The van der Waals surface area contributed by atoms with Crippen molar-refractivity contribution < 1.29 is 14.4 Å². The largest absolute Gasteiger partial charge is 0.342 e. The lowest BCUT2D eigenvalue weighted by Gasteiger charge is -2.37. The Morgan fingerprint density at radius 2 is 1.69 bits per heavy atom. The number of rotatable bonds is 5. The van der Waals surface area contributed by atoms with Gasteiger partial charge in [-0.15, -0.1) is 0 Å². The van der Waals surface area contributed by atoms with Crippen molar-refractivity contribution in [2.45, 2.75) is 45.4 Å². The van der Waals surface area contributed by atoms with Gasteiger partial charge in [0.05, 0.1) is 12.5 Å². The highest BCUT2D eigenvalue weighted by atomic mass is 16.2. The molecule has 3 aliphatic rings. The Balaban J connectivity index is 1.28. The molecule has 3 saturated heterocycles. The lowest BCUT2D eigenvalue weighted by molar-refractivity contribution is -0.138. The minimum atomic E-state index is -0.285. The zero-order valence-electron chi connectivity index (χ0n) is 19.5. The predicted octanol–water partition coefficient (Wildman–Crippen LogP) is 2.32. The third kappa shape index (κ3) is 5.14. The molecule has 1 unspecified atom stereocenters.